The fraction of sp³-hybridized carbons (Fsp3) is 0.353. The molecular formula is C17H21N3O4. The lowest BCUT2D eigenvalue weighted by atomic mass is 10.1. The zero-order chi connectivity index (χ0) is 17.7. The molecule has 2 N–H and O–H groups in total. The molecule has 1 heterocycles. The Hall–Kier alpha value is -2.83. The molecule has 7 heteroatoms. The van der Waals surface area contributed by atoms with Gasteiger partial charge in [-0.2, -0.15) is 5.10 Å². The number of ether oxygens (including phenoxy) is 1. The highest BCUT2D eigenvalue weighted by molar-refractivity contribution is 6.15. The van der Waals surface area contributed by atoms with Gasteiger partial charge in [0.05, 0.1) is 30.6 Å². The molecule has 0 atom stereocenters. The summed E-state index contributed by atoms with van der Waals surface area (Å²) in [6.07, 6.45) is 0.623. The van der Waals surface area contributed by atoms with Crippen molar-refractivity contribution in [3.8, 4) is 0 Å². The number of benzene rings is 1. The van der Waals surface area contributed by atoms with Crippen molar-refractivity contribution >= 4 is 23.8 Å². The molecule has 2 rings (SSSR count). The number of aliphatic hydroxyl groups is 1. The fourth-order valence-electron chi connectivity index (χ4n) is 2.03. The minimum absolute atomic E-state index is 0.0817. The van der Waals surface area contributed by atoms with E-state index in [1.165, 1.54) is 6.21 Å². The number of Topliss-reactive ketones (excluding diaryl/α,β-unsaturated/α-hetero) is 1. The SMILES string of the molecule is CC(C)(C)OC(=O)N1CC(=O)C(C=NNc2ccccc2)=C(O)C1. The number of ketones is 1. The Morgan fingerprint density at radius 1 is 1.29 bits per heavy atom. The Kier molecular flexibility index (Phi) is 5.23. The number of amides is 1. The molecule has 24 heavy (non-hydrogen) atoms. The van der Waals surface area contributed by atoms with Crippen LogP contribution >= 0.6 is 0 Å². The van der Waals surface area contributed by atoms with E-state index in [0.29, 0.717) is 0 Å². The van der Waals surface area contributed by atoms with Crippen LogP contribution in [0, 0.1) is 0 Å². The van der Waals surface area contributed by atoms with Gasteiger partial charge >= 0.3 is 6.09 Å². The number of aliphatic hydroxyl groups excluding tert-OH is 1. The summed E-state index contributed by atoms with van der Waals surface area (Å²) in [5.41, 5.74) is 2.94. The van der Waals surface area contributed by atoms with Gasteiger partial charge in [-0.25, -0.2) is 4.79 Å². The van der Waals surface area contributed by atoms with E-state index in [9.17, 15) is 14.7 Å². The highest BCUT2D eigenvalue weighted by atomic mass is 16.6. The van der Waals surface area contributed by atoms with Gasteiger partial charge in [-0.05, 0) is 32.9 Å². The smallest absolute Gasteiger partial charge is 0.411 e. The predicted molar refractivity (Wildman–Crippen MR) is 91.0 cm³/mol. The molecule has 128 valence electrons. The van der Waals surface area contributed by atoms with Crippen LogP contribution < -0.4 is 5.43 Å². The van der Waals surface area contributed by atoms with Crippen LogP contribution in [-0.4, -0.2) is 46.8 Å². The standard InChI is InChI=1S/C17H21N3O4/c1-17(2,3)24-16(23)20-10-14(21)13(15(22)11-20)9-18-19-12-7-5-4-6-8-12/h4-9,19,21H,10-11H2,1-3H3. The normalized spacial score (nSPS) is 15.8. The first kappa shape index (κ1) is 17.5. The summed E-state index contributed by atoms with van der Waals surface area (Å²) in [5.74, 6) is -0.612. The van der Waals surface area contributed by atoms with Crippen LogP contribution in [0.4, 0.5) is 10.5 Å². The maximum Gasteiger partial charge on any atom is 0.411 e. The predicted octanol–water partition coefficient (Wildman–Crippen LogP) is 2.72. The number of hydrogen-bond donors (Lipinski definition) is 2. The molecule has 0 aromatic heterocycles. The summed E-state index contributed by atoms with van der Waals surface area (Å²) in [6.45, 7) is 4.96. The van der Waals surface area contributed by atoms with Crippen molar-refractivity contribution in [1.29, 1.82) is 0 Å². The molecule has 0 spiro atoms. The Morgan fingerprint density at radius 2 is 1.96 bits per heavy atom. The van der Waals surface area contributed by atoms with Gasteiger partial charge in [-0.1, -0.05) is 18.2 Å². The number of para-hydroxylation sites is 1. The summed E-state index contributed by atoms with van der Waals surface area (Å²) in [4.78, 5) is 25.3. The van der Waals surface area contributed by atoms with E-state index in [1.54, 1.807) is 20.8 Å². The monoisotopic (exact) mass is 331 g/mol. The van der Waals surface area contributed by atoms with E-state index < -0.39 is 17.5 Å². The molecular weight excluding hydrogens is 310 g/mol. The molecule has 0 saturated heterocycles. The summed E-state index contributed by atoms with van der Waals surface area (Å²) in [7, 11) is 0. The Bertz CT molecular complexity index is 675. The van der Waals surface area contributed by atoms with Crippen molar-refractivity contribution in [3.63, 3.8) is 0 Å². The first-order valence-electron chi connectivity index (χ1n) is 7.53. The van der Waals surface area contributed by atoms with Crippen molar-refractivity contribution < 1.29 is 19.4 Å². The van der Waals surface area contributed by atoms with Crippen molar-refractivity contribution in [2.24, 2.45) is 5.10 Å². The second kappa shape index (κ2) is 7.16. The van der Waals surface area contributed by atoms with Crippen molar-refractivity contribution in [1.82, 2.24) is 4.90 Å². The lowest BCUT2D eigenvalue weighted by molar-refractivity contribution is -0.117. The van der Waals surface area contributed by atoms with Crippen LogP contribution in [0.2, 0.25) is 0 Å². The Balaban J connectivity index is 2.03. The quantitative estimate of drug-likeness (QED) is 0.656. The zero-order valence-corrected chi connectivity index (χ0v) is 13.9. The second-order valence-corrected chi connectivity index (χ2v) is 6.36. The van der Waals surface area contributed by atoms with Gasteiger partial charge < -0.3 is 9.84 Å². The fourth-order valence-corrected chi connectivity index (χ4v) is 2.03. The van der Waals surface area contributed by atoms with E-state index >= 15 is 0 Å². The van der Waals surface area contributed by atoms with Gasteiger partial charge in [-0.3, -0.25) is 15.1 Å². The van der Waals surface area contributed by atoms with Crippen molar-refractivity contribution in [3.05, 3.63) is 41.7 Å². The first-order chi connectivity index (χ1) is 11.3. The summed E-state index contributed by atoms with van der Waals surface area (Å²) in [5, 5.41) is 14.0. The molecule has 1 amide bonds. The highest BCUT2D eigenvalue weighted by Crippen LogP contribution is 2.16. The number of nitrogens with zero attached hydrogens (tertiary/aromatic N) is 2. The molecule has 1 aromatic rings. The molecule has 0 fully saturated rings. The van der Waals surface area contributed by atoms with Gasteiger partial charge in [-0.15, -0.1) is 0 Å². The van der Waals surface area contributed by atoms with Gasteiger partial charge in [0.1, 0.15) is 11.4 Å². The summed E-state index contributed by atoms with van der Waals surface area (Å²) >= 11 is 0. The number of carbonyl (C=O) groups excluding carboxylic acids is 2. The second-order valence-electron chi connectivity index (χ2n) is 6.36. The van der Waals surface area contributed by atoms with Crippen LogP contribution in [0.25, 0.3) is 0 Å². The lowest BCUT2D eigenvalue weighted by Gasteiger charge is -2.29. The van der Waals surface area contributed by atoms with E-state index in [0.717, 1.165) is 10.6 Å². The average molecular weight is 331 g/mol. The average Bonchev–Trinajstić information content (AvgIpc) is 2.49. The molecule has 0 aliphatic carbocycles. The third-order valence-corrected chi connectivity index (χ3v) is 3.10. The van der Waals surface area contributed by atoms with Crippen LogP contribution in [0.3, 0.4) is 0 Å². The lowest BCUT2D eigenvalue weighted by Crippen LogP contribution is -2.44. The van der Waals surface area contributed by atoms with Gasteiger partial charge in [0.15, 0.2) is 5.78 Å². The molecule has 0 saturated carbocycles. The molecule has 7 nitrogen and oxygen atoms in total. The zero-order valence-electron chi connectivity index (χ0n) is 13.9. The molecule has 1 aliphatic heterocycles. The minimum atomic E-state index is -0.666. The number of hydrogen-bond acceptors (Lipinski definition) is 6. The topological polar surface area (TPSA) is 91.2 Å². The summed E-state index contributed by atoms with van der Waals surface area (Å²) < 4.78 is 5.20. The summed E-state index contributed by atoms with van der Waals surface area (Å²) in [6, 6.07) is 9.20. The minimum Gasteiger partial charge on any atom is -0.510 e. The van der Waals surface area contributed by atoms with Crippen molar-refractivity contribution in [2.45, 2.75) is 26.4 Å². The van der Waals surface area contributed by atoms with E-state index in [1.807, 2.05) is 30.3 Å². The molecule has 1 aromatic carbocycles. The molecule has 0 unspecified atom stereocenters. The number of nitrogens with one attached hydrogen (secondary N) is 1. The number of anilines is 1. The van der Waals surface area contributed by atoms with E-state index in [4.69, 9.17) is 4.74 Å². The van der Waals surface area contributed by atoms with E-state index in [-0.39, 0.29) is 24.4 Å². The third-order valence-electron chi connectivity index (χ3n) is 3.10. The van der Waals surface area contributed by atoms with Gasteiger partial charge in [0.25, 0.3) is 0 Å². The molecule has 0 bridgehead atoms. The van der Waals surface area contributed by atoms with Crippen LogP contribution in [0.15, 0.2) is 46.8 Å². The highest BCUT2D eigenvalue weighted by Gasteiger charge is 2.30. The van der Waals surface area contributed by atoms with E-state index in [2.05, 4.69) is 10.5 Å². The van der Waals surface area contributed by atoms with Crippen LogP contribution in [0.1, 0.15) is 20.8 Å². The first-order valence-corrected chi connectivity index (χ1v) is 7.53. The van der Waals surface area contributed by atoms with Crippen molar-refractivity contribution in [2.75, 3.05) is 18.5 Å². The number of rotatable bonds is 3. The Labute approximate surface area is 140 Å². The van der Waals surface area contributed by atoms with Crippen LogP contribution in [0.5, 0.6) is 0 Å². The largest absolute Gasteiger partial charge is 0.510 e. The number of carbonyl (C=O) groups is 2. The number of hydrazone groups is 1. The molecule has 0 radical (unpaired) electrons. The van der Waals surface area contributed by atoms with Gasteiger partial charge in [0, 0.05) is 0 Å². The maximum atomic E-state index is 12.1. The third kappa shape index (κ3) is 4.84. The molecule has 1 aliphatic rings. The maximum absolute atomic E-state index is 12.1. The Morgan fingerprint density at radius 3 is 2.54 bits per heavy atom. The van der Waals surface area contributed by atoms with Crippen LogP contribution in [-0.2, 0) is 9.53 Å². The van der Waals surface area contributed by atoms with Gasteiger partial charge in [0.2, 0.25) is 0 Å².